The van der Waals surface area contributed by atoms with Gasteiger partial charge in [-0.1, -0.05) is 5.21 Å². The van der Waals surface area contributed by atoms with Gasteiger partial charge in [0.1, 0.15) is 0 Å². The van der Waals surface area contributed by atoms with Gasteiger partial charge in [0.05, 0.1) is 12.7 Å². The van der Waals surface area contributed by atoms with Gasteiger partial charge in [0.25, 0.3) is 0 Å². The Balaban J connectivity index is 1.73. The molecule has 2 rings (SSSR count). The van der Waals surface area contributed by atoms with E-state index in [1.165, 1.54) is 10.9 Å². The third-order valence-electron chi connectivity index (χ3n) is 3.24. The smallest absolute Gasteiger partial charge is 0.358 e. The van der Waals surface area contributed by atoms with Crippen LogP contribution in [0, 0.1) is 5.92 Å². The molecule has 4 N–H and O–H groups in total. The van der Waals surface area contributed by atoms with Crippen molar-refractivity contribution < 1.29 is 14.7 Å². The Morgan fingerprint density at radius 3 is 2.89 bits per heavy atom. The fourth-order valence-electron chi connectivity index (χ4n) is 2.20. The summed E-state index contributed by atoms with van der Waals surface area (Å²) in [6.45, 7) is 0.789. The Morgan fingerprint density at radius 1 is 1.53 bits per heavy atom. The average molecular weight is 267 g/mol. The van der Waals surface area contributed by atoms with E-state index in [9.17, 15) is 9.59 Å². The lowest BCUT2D eigenvalue weighted by Crippen LogP contribution is -2.32. The van der Waals surface area contributed by atoms with Gasteiger partial charge in [0, 0.05) is 18.5 Å². The molecule has 104 valence electrons. The number of amides is 1. The number of nitrogens with two attached hydrogens (primary N) is 1. The second-order valence-electron chi connectivity index (χ2n) is 4.73. The van der Waals surface area contributed by atoms with Gasteiger partial charge in [-0.2, -0.15) is 0 Å². The van der Waals surface area contributed by atoms with Gasteiger partial charge in [0.2, 0.25) is 5.91 Å². The number of carbonyl (C=O) groups is 2. The number of aromatic nitrogens is 3. The van der Waals surface area contributed by atoms with E-state index in [1.54, 1.807) is 0 Å². The summed E-state index contributed by atoms with van der Waals surface area (Å²) in [6.07, 6.45) is 3.79. The van der Waals surface area contributed by atoms with Crippen LogP contribution in [0.3, 0.4) is 0 Å². The lowest BCUT2D eigenvalue weighted by atomic mass is 10.1. The van der Waals surface area contributed by atoms with Gasteiger partial charge in [-0.15, -0.1) is 5.10 Å². The van der Waals surface area contributed by atoms with Crippen molar-refractivity contribution in [2.75, 3.05) is 6.54 Å². The van der Waals surface area contributed by atoms with Crippen LogP contribution in [-0.4, -0.2) is 44.6 Å². The molecular formula is C11H17N5O3. The molecule has 0 radical (unpaired) electrons. The molecule has 0 spiro atoms. The maximum absolute atomic E-state index is 11.8. The molecule has 2 unspecified atom stereocenters. The normalized spacial score (nSPS) is 22.4. The maximum Gasteiger partial charge on any atom is 0.358 e. The molecule has 1 amide bonds. The number of carboxylic acid groups (broad SMARTS) is 1. The van der Waals surface area contributed by atoms with Crippen molar-refractivity contribution in [2.45, 2.75) is 31.8 Å². The first kappa shape index (κ1) is 13.5. The van der Waals surface area contributed by atoms with Gasteiger partial charge in [-0.3, -0.25) is 4.79 Å². The lowest BCUT2D eigenvalue weighted by Gasteiger charge is -2.10. The first-order valence-electron chi connectivity index (χ1n) is 6.23. The zero-order valence-electron chi connectivity index (χ0n) is 10.5. The second-order valence-corrected chi connectivity index (χ2v) is 4.73. The third kappa shape index (κ3) is 3.50. The van der Waals surface area contributed by atoms with Gasteiger partial charge in [-0.25, -0.2) is 9.48 Å². The maximum atomic E-state index is 11.8. The van der Waals surface area contributed by atoms with Gasteiger partial charge in [0.15, 0.2) is 5.69 Å². The first-order valence-corrected chi connectivity index (χ1v) is 6.23. The highest BCUT2D eigenvalue weighted by Crippen LogP contribution is 2.23. The Kier molecular flexibility index (Phi) is 4.10. The quantitative estimate of drug-likeness (QED) is 0.643. The molecule has 8 nitrogen and oxygen atoms in total. The topological polar surface area (TPSA) is 123 Å². The van der Waals surface area contributed by atoms with Crippen LogP contribution in [0.5, 0.6) is 0 Å². The Bertz CT molecular complexity index is 473. The number of nitrogens with one attached hydrogen (secondary N) is 1. The second kappa shape index (κ2) is 5.79. The minimum absolute atomic E-state index is 0.000303. The van der Waals surface area contributed by atoms with Crippen LogP contribution in [-0.2, 0) is 11.3 Å². The van der Waals surface area contributed by atoms with Gasteiger partial charge in [-0.05, 0) is 19.3 Å². The third-order valence-corrected chi connectivity index (χ3v) is 3.24. The Morgan fingerprint density at radius 2 is 2.32 bits per heavy atom. The summed E-state index contributed by atoms with van der Waals surface area (Å²) in [7, 11) is 0. The Labute approximate surface area is 110 Å². The predicted octanol–water partition coefficient (Wildman–Crippen LogP) is -0.780. The van der Waals surface area contributed by atoms with E-state index < -0.39 is 5.97 Å². The van der Waals surface area contributed by atoms with Crippen LogP contribution in [0.25, 0.3) is 0 Å². The molecule has 0 aliphatic heterocycles. The number of carbonyl (C=O) groups excluding carboxylic acids is 1. The standard InChI is InChI=1S/C11H17N5O3/c12-8-2-1-7(5-8)10(17)13-3-4-16-6-9(11(18)19)14-15-16/h6-8H,1-5,12H2,(H,13,17)(H,18,19). The van der Waals surface area contributed by atoms with E-state index in [-0.39, 0.29) is 23.6 Å². The molecule has 0 aromatic carbocycles. The molecule has 1 saturated carbocycles. The molecule has 2 atom stereocenters. The summed E-state index contributed by atoms with van der Waals surface area (Å²) >= 11 is 0. The Hall–Kier alpha value is -1.96. The summed E-state index contributed by atoms with van der Waals surface area (Å²) in [4.78, 5) is 22.4. The number of carboxylic acids is 1. The number of rotatable bonds is 5. The van der Waals surface area contributed by atoms with Gasteiger partial charge < -0.3 is 16.2 Å². The molecule has 1 aromatic heterocycles. The summed E-state index contributed by atoms with van der Waals surface area (Å²) < 4.78 is 1.39. The fraction of sp³-hybridized carbons (Fsp3) is 0.636. The van der Waals surface area contributed by atoms with Crippen molar-refractivity contribution in [3.63, 3.8) is 0 Å². The van der Waals surface area contributed by atoms with E-state index in [4.69, 9.17) is 10.8 Å². The molecule has 1 heterocycles. The summed E-state index contributed by atoms with van der Waals surface area (Å²) in [5.74, 6) is -1.11. The number of aromatic carboxylic acids is 1. The van der Waals surface area contributed by atoms with Crippen molar-refractivity contribution in [1.82, 2.24) is 20.3 Å². The van der Waals surface area contributed by atoms with Crippen molar-refractivity contribution in [3.8, 4) is 0 Å². The van der Waals surface area contributed by atoms with Crippen LogP contribution in [0.15, 0.2) is 6.20 Å². The molecule has 0 bridgehead atoms. The zero-order chi connectivity index (χ0) is 13.8. The molecule has 0 saturated heterocycles. The lowest BCUT2D eigenvalue weighted by molar-refractivity contribution is -0.124. The van der Waals surface area contributed by atoms with Crippen molar-refractivity contribution in [2.24, 2.45) is 11.7 Å². The van der Waals surface area contributed by atoms with E-state index in [0.29, 0.717) is 13.1 Å². The molecule has 8 heteroatoms. The highest BCUT2D eigenvalue weighted by Gasteiger charge is 2.27. The number of hydrogen-bond donors (Lipinski definition) is 3. The molecular weight excluding hydrogens is 250 g/mol. The first-order chi connectivity index (χ1) is 9.06. The van der Waals surface area contributed by atoms with E-state index in [2.05, 4.69) is 15.6 Å². The SMILES string of the molecule is NC1CCC(C(=O)NCCn2cc(C(=O)O)nn2)C1. The summed E-state index contributed by atoms with van der Waals surface area (Å²) in [5, 5.41) is 18.6. The van der Waals surface area contributed by atoms with Crippen LogP contribution in [0.1, 0.15) is 29.8 Å². The highest BCUT2D eigenvalue weighted by molar-refractivity contribution is 5.84. The molecule has 1 aliphatic carbocycles. The molecule has 1 fully saturated rings. The van der Waals surface area contributed by atoms with Crippen molar-refractivity contribution >= 4 is 11.9 Å². The zero-order valence-corrected chi connectivity index (χ0v) is 10.5. The number of hydrogen-bond acceptors (Lipinski definition) is 5. The van der Waals surface area contributed by atoms with Crippen molar-refractivity contribution in [1.29, 1.82) is 0 Å². The number of nitrogens with zero attached hydrogens (tertiary/aromatic N) is 3. The summed E-state index contributed by atoms with van der Waals surface area (Å²) in [6, 6.07) is 0.129. The molecule has 19 heavy (non-hydrogen) atoms. The van der Waals surface area contributed by atoms with Crippen LogP contribution in [0.4, 0.5) is 0 Å². The summed E-state index contributed by atoms with van der Waals surface area (Å²) in [5.41, 5.74) is 5.65. The largest absolute Gasteiger partial charge is 0.476 e. The minimum atomic E-state index is -1.12. The van der Waals surface area contributed by atoms with E-state index in [1.807, 2.05) is 0 Å². The van der Waals surface area contributed by atoms with Gasteiger partial charge >= 0.3 is 5.97 Å². The monoisotopic (exact) mass is 267 g/mol. The average Bonchev–Trinajstić information content (AvgIpc) is 2.98. The van der Waals surface area contributed by atoms with Crippen LogP contribution in [0.2, 0.25) is 0 Å². The molecule has 1 aliphatic rings. The van der Waals surface area contributed by atoms with Crippen molar-refractivity contribution in [3.05, 3.63) is 11.9 Å². The van der Waals surface area contributed by atoms with E-state index >= 15 is 0 Å². The fourth-order valence-corrected chi connectivity index (χ4v) is 2.20. The minimum Gasteiger partial charge on any atom is -0.476 e. The predicted molar refractivity (Wildman–Crippen MR) is 65.3 cm³/mol. The highest BCUT2D eigenvalue weighted by atomic mass is 16.4. The molecule has 1 aromatic rings. The van der Waals surface area contributed by atoms with E-state index in [0.717, 1.165) is 19.3 Å². The van der Waals surface area contributed by atoms with Crippen LogP contribution < -0.4 is 11.1 Å². The van der Waals surface area contributed by atoms with Crippen LogP contribution >= 0.6 is 0 Å².